The topological polar surface area (TPSA) is 58.7 Å². The van der Waals surface area contributed by atoms with Gasteiger partial charge in [-0.05, 0) is 79.3 Å². The lowest BCUT2D eigenvalue weighted by molar-refractivity contribution is 0.0987. The predicted molar refractivity (Wildman–Crippen MR) is 116 cm³/mol. The number of carbonyl (C=O) groups is 1. The fourth-order valence-electron chi connectivity index (χ4n) is 3.63. The highest BCUT2D eigenvalue weighted by Gasteiger charge is 2.23. The van der Waals surface area contributed by atoms with Gasteiger partial charge in [-0.1, -0.05) is 17.4 Å². The maximum absolute atomic E-state index is 13.6. The number of rotatable bonds is 4. The molecule has 0 fully saturated rings. The number of halogens is 1. The Balaban J connectivity index is 1.55. The lowest BCUT2D eigenvalue weighted by atomic mass is 9.90. The highest BCUT2D eigenvalue weighted by atomic mass is 32.1. The molecule has 4 aromatic rings. The van der Waals surface area contributed by atoms with E-state index < -0.39 is 0 Å². The summed E-state index contributed by atoms with van der Waals surface area (Å²) in [6.45, 7) is 0. The van der Waals surface area contributed by atoms with Crippen molar-refractivity contribution in [1.82, 2.24) is 4.98 Å². The number of benzene rings is 2. The van der Waals surface area contributed by atoms with Gasteiger partial charge in [0.1, 0.15) is 11.6 Å². The Hall–Kier alpha value is -3.32. The summed E-state index contributed by atoms with van der Waals surface area (Å²) in [4.78, 5) is 17.9. The van der Waals surface area contributed by atoms with Gasteiger partial charge in [0.05, 0.1) is 22.7 Å². The molecule has 0 radical (unpaired) electrons. The van der Waals surface area contributed by atoms with Crippen molar-refractivity contribution < 1.29 is 13.6 Å². The van der Waals surface area contributed by atoms with Gasteiger partial charge in [-0.2, -0.15) is 10.1 Å². The summed E-state index contributed by atoms with van der Waals surface area (Å²) in [5.41, 5.74) is 3.69. The van der Waals surface area contributed by atoms with Crippen LogP contribution in [-0.4, -0.2) is 17.1 Å². The number of carbonyl (C=O) groups excluding carboxylic acids is 1. The van der Waals surface area contributed by atoms with Gasteiger partial charge in [-0.15, -0.1) is 0 Å². The first-order chi connectivity index (χ1) is 14.7. The van der Waals surface area contributed by atoms with Gasteiger partial charge in [0.2, 0.25) is 5.13 Å². The van der Waals surface area contributed by atoms with Gasteiger partial charge in [-0.3, -0.25) is 4.79 Å². The number of aryl methyl sites for hydroxylation is 2. The number of fused-ring (bicyclic) bond motifs is 2. The van der Waals surface area contributed by atoms with Gasteiger partial charge in [0, 0.05) is 5.56 Å². The van der Waals surface area contributed by atoms with Crippen LogP contribution in [0.1, 0.15) is 40.1 Å². The minimum absolute atomic E-state index is 0.286. The lowest BCUT2D eigenvalue weighted by Crippen LogP contribution is -2.26. The Kier molecular flexibility index (Phi) is 4.88. The molecule has 0 saturated heterocycles. The second-order valence-electron chi connectivity index (χ2n) is 7.18. The number of aromatic nitrogens is 1. The monoisotopic (exact) mass is 419 g/mol. The van der Waals surface area contributed by atoms with Crippen LogP contribution in [-0.2, 0) is 12.8 Å². The van der Waals surface area contributed by atoms with E-state index in [-0.39, 0.29) is 11.7 Å². The molecule has 0 saturated carbocycles. The summed E-state index contributed by atoms with van der Waals surface area (Å²) in [6.07, 6.45) is 7.36. The summed E-state index contributed by atoms with van der Waals surface area (Å²) in [5.74, 6) is -0.111. The van der Waals surface area contributed by atoms with E-state index in [2.05, 4.69) is 10.1 Å². The Morgan fingerprint density at radius 1 is 1.13 bits per heavy atom. The number of thiazole rings is 1. The van der Waals surface area contributed by atoms with Crippen molar-refractivity contribution in [3.63, 3.8) is 0 Å². The maximum Gasteiger partial charge on any atom is 0.280 e. The minimum atomic E-state index is -0.343. The molecule has 30 heavy (non-hydrogen) atoms. The Morgan fingerprint density at radius 2 is 2.00 bits per heavy atom. The molecule has 2 heterocycles. The first-order valence-corrected chi connectivity index (χ1v) is 10.6. The molecule has 2 aromatic heterocycles. The van der Waals surface area contributed by atoms with Crippen molar-refractivity contribution >= 4 is 38.8 Å². The molecule has 0 atom stereocenters. The van der Waals surface area contributed by atoms with Crippen molar-refractivity contribution in [1.29, 1.82) is 0 Å². The average Bonchev–Trinajstić information content (AvgIpc) is 3.43. The molecule has 7 heteroatoms. The normalized spacial score (nSPS) is 13.6. The van der Waals surface area contributed by atoms with E-state index in [1.807, 2.05) is 18.2 Å². The van der Waals surface area contributed by atoms with Crippen LogP contribution in [0, 0.1) is 5.82 Å². The Labute approximate surface area is 176 Å². The van der Waals surface area contributed by atoms with Crippen LogP contribution in [0.3, 0.4) is 0 Å². The summed E-state index contributed by atoms with van der Waals surface area (Å²) >= 11 is 1.22. The van der Waals surface area contributed by atoms with Gasteiger partial charge in [0.15, 0.2) is 0 Å². The number of anilines is 1. The number of hydrogen-bond acceptors (Lipinski definition) is 5. The standard InChI is InChI=1S/C23H18FN3O2S/c24-18-9-10-20-21(13-18)30-23(26-20)27(25-14-19-6-3-11-29-19)22(28)17-8-7-15-4-1-2-5-16(15)12-17/h3,6-14H,1-2,4-5H2/b25-14+. The molecule has 0 unspecified atom stereocenters. The third-order valence-corrected chi connectivity index (χ3v) is 6.15. The fraction of sp³-hybridized carbons (Fsp3) is 0.174. The second-order valence-corrected chi connectivity index (χ2v) is 8.19. The van der Waals surface area contributed by atoms with Gasteiger partial charge < -0.3 is 4.42 Å². The van der Waals surface area contributed by atoms with Crippen LogP contribution in [0.4, 0.5) is 9.52 Å². The van der Waals surface area contributed by atoms with Gasteiger partial charge in [-0.25, -0.2) is 9.37 Å². The number of nitrogens with zero attached hydrogens (tertiary/aromatic N) is 3. The van der Waals surface area contributed by atoms with Gasteiger partial charge in [0.25, 0.3) is 5.91 Å². The molecule has 150 valence electrons. The number of hydrogen-bond donors (Lipinski definition) is 0. The van der Waals surface area contributed by atoms with Gasteiger partial charge >= 0.3 is 0 Å². The van der Waals surface area contributed by atoms with Crippen molar-refractivity contribution in [2.45, 2.75) is 25.7 Å². The zero-order valence-electron chi connectivity index (χ0n) is 16.0. The maximum atomic E-state index is 13.6. The fourth-order valence-corrected chi connectivity index (χ4v) is 4.58. The molecular formula is C23H18FN3O2S. The molecule has 5 nitrogen and oxygen atoms in total. The van der Waals surface area contributed by atoms with E-state index in [9.17, 15) is 9.18 Å². The zero-order valence-corrected chi connectivity index (χ0v) is 16.9. The number of hydrazone groups is 1. The smallest absolute Gasteiger partial charge is 0.280 e. The van der Waals surface area contributed by atoms with E-state index in [1.165, 1.54) is 58.5 Å². The average molecular weight is 419 g/mol. The Bertz CT molecular complexity index is 1250. The molecule has 1 aliphatic carbocycles. The van der Waals surface area contributed by atoms with Crippen molar-refractivity contribution in [3.8, 4) is 0 Å². The number of furan rings is 1. The molecule has 1 amide bonds. The summed E-state index contributed by atoms with van der Waals surface area (Å²) in [7, 11) is 0. The van der Waals surface area contributed by atoms with Crippen LogP contribution >= 0.6 is 11.3 Å². The molecule has 1 aliphatic rings. The zero-order chi connectivity index (χ0) is 20.5. The van der Waals surface area contributed by atoms with Crippen molar-refractivity contribution in [2.24, 2.45) is 5.10 Å². The van der Waals surface area contributed by atoms with Crippen molar-refractivity contribution in [3.05, 3.63) is 83.1 Å². The van der Waals surface area contributed by atoms with Crippen LogP contribution in [0.2, 0.25) is 0 Å². The molecule has 0 spiro atoms. The van der Waals surface area contributed by atoms with E-state index in [0.717, 1.165) is 19.3 Å². The van der Waals surface area contributed by atoms with E-state index in [1.54, 1.807) is 18.2 Å². The quantitative estimate of drug-likeness (QED) is 0.320. The Morgan fingerprint density at radius 3 is 2.83 bits per heavy atom. The SMILES string of the molecule is O=C(c1ccc2c(c1)CCCC2)N(/N=C/c1ccco1)c1nc2ccc(F)cc2s1. The van der Waals surface area contributed by atoms with Crippen molar-refractivity contribution in [2.75, 3.05) is 5.01 Å². The molecular weight excluding hydrogens is 401 g/mol. The summed E-state index contributed by atoms with van der Waals surface area (Å²) < 4.78 is 19.6. The van der Waals surface area contributed by atoms with E-state index >= 15 is 0 Å². The number of amides is 1. The molecule has 0 bridgehead atoms. The first-order valence-electron chi connectivity index (χ1n) is 9.77. The summed E-state index contributed by atoms with van der Waals surface area (Å²) in [5, 5.41) is 6.00. The van der Waals surface area contributed by atoms with Crippen LogP contribution < -0.4 is 5.01 Å². The van der Waals surface area contributed by atoms with Crippen LogP contribution in [0.15, 0.2) is 64.3 Å². The predicted octanol–water partition coefficient (Wildman–Crippen LogP) is 5.59. The largest absolute Gasteiger partial charge is 0.463 e. The van der Waals surface area contributed by atoms with Crippen LogP contribution in [0.25, 0.3) is 10.2 Å². The molecule has 0 aliphatic heterocycles. The lowest BCUT2D eigenvalue weighted by Gasteiger charge is -2.18. The third kappa shape index (κ3) is 3.64. The van der Waals surface area contributed by atoms with E-state index in [0.29, 0.717) is 26.7 Å². The minimum Gasteiger partial charge on any atom is -0.463 e. The molecule has 5 rings (SSSR count). The van der Waals surface area contributed by atoms with E-state index in [4.69, 9.17) is 4.42 Å². The highest BCUT2D eigenvalue weighted by molar-refractivity contribution is 7.22. The molecule has 2 aromatic carbocycles. The summed E-state index contributed by atoms with van der Waals surface area (Å²) in [6, 6.07) is 13.7. The third-order valence-electron chi connectivity index (χ3n) is 5.15. The first kappa shape index (κ1) is 18.7. The van der Waals surface area contributed by atoms with Crippen LogP contribution in [0.5, 0.6) is 0 Å². The molecule has 0 N–H and O–H groups in total. The highest BCUT2D eigenvalue weighted by Crippen LogP contribution is 2.31. The second kappa shape index (κ2) is 7.84.